The van der Waals surface area contributed by atoms with Gasteiger partial charge < -0.3 is 5.32 Å². The Morgan fingerprint density at radius 1 is 1.07 bits per heavy atom. The van der Waals surface area contributed by atoms with E-state index in [2.05, 4.69) is 5.32 Å². The maximum atomic E-state index is 12.5. The number of nitrogens with zero attached hydrogens (tertiary/aromatic N) is 1. The number of carbonyl (C=O) groups is 1. The minimum Gasteiger partial charge on any atom is -0.375 e. The number of nitro benzene ring substituents is 1. The zero-order chi connectivity index (χ0) is 20.3. The molecule has 0 radical (unpaired) electrons. The summed E-state index contributed by atoms with van der Waals surface area (Å²) in [6.07, 6.45) is 0. The van der Waals surface area contributed by atoms with Gasteiger partial charge in [-0.15, -0.1) is 11.3 Å². The SMILES string of the molecule is NS(=O)(=O)c1ccc(CNc2ccc(C(=O)c3ccccc3)cc2[N+](=O)[O-])s1. The predicted octanol–water partition coefficient (Wildman–Crippen LogP) is 3.15. The molecule has 3 N–H and O–H groups in total. The Hall–Kier alpha value is -3.08. The second kappa shape index (κ2) is 7.89. The van der Waals surface area contributed by atoms with Crippen LogP contribution in [-0.2, 0) is 16.6 Å². The first-order valence-corrected chi connectivity index (χ1v) is 10.4. The van der Waals surface area contributed by atoms with Crippen molar-refractivity contribution in [1.29, 1.82) is 0 Å². The monoisotopic (exact) mass is 417 g/mol. The smallest absolute Gasteiger partial charge is 0.293 e. The first-order valence-electron chi connectivity index (χ1n) is 7.99. The maximum absolute atomic E-state index is 12.5. The lowest BCUT2D eigenvalue weighted by atomic mass is 10.0. The standard InChI is InChI=1S/C18H15N3O5S2/c19-28(25,26)17-9-7-14(27-17)11-20-15-8-6-13(10-16(15)21(23)24)18(22)12-4-2-1-3-5-12/h1-10,20H,11H2,(H2,19,25,26). The Kier molecular flexibility index (Phi) is 5.54. The second-order valence-corrected chi connectivity index (χ2v) is 8.76. The molecular weight excluding hydrogens is 402 g/mol. The summed E-state index contributed by atoms with van der Waals surface area (Å²) < 4.78 is 22.7. The molecule has 0 spiro atoms. The summed E-state index contributed by atoms with van der Waals surface area (Å²) in [5.41, 5.74) is 0.618. The summed E-state index contributed by atoms with van der Waals surface area (Å²) in [5.74, 6) is -0.314. The number of benzene rings is 2. The highest BCUT2D eigenvalue weighted by Gasteiger charge is 2.19. The summed E-state index contributed by atoms with van der Waals surface area (Å²) in [6, 6.07) is 15.6. The number of nitrogens with one attached hydrogen (secondary N) is 1. The van der Waals surface area contributed by atoms with Gasteiger partial charge in [-0.2, -0.15) is 0 Å². The van der Waals surface area contributed by atoms with E-state index in [0.717, 1.165) is 11.3 Å². The van der Waals surface area contributed by atoms with E-state index in [1.54, 1.807) is 36.4 Å². The van der Waals surface area contributed by atoms with Crippen LogP contribution in [0.5, 0.6) is 0 Å². The van der Waals surface area contributed by atoms with Crippen LogP contribution < -0.4 is 10.5 Å². The second-order valence-electron chi connectivity index (χ2n) is 5.80. The first kappa shape index (κ1) is 19.7. The first-order chi connectivity index (χ1) is 13.3. The Morgan fingerprint density at radius 2 is 1.79 bits per heavy atom. The molecule has 0 saturated heterocycles. The molecule has 3 aromatic rings. The lowest BCUT2D eigenvalue weighted by Gasteiger charge is -2.08. The van der Waals surface area contributed by atoms with E-state index in [9.17, 15) is 23.3 Å². The molecule has 1 heterocycles. The molecule has 0 bridgehead atoms. The number of nitrogens with two attached hydrogens (primary N) is 1. The van der Waals surface area contributed by atoms with Crippen LogP contribution in [-0.4, -0.2) is 19.1 Å². The molecule has 0 saturated carbocycles. The average molecular weight is 417 g/mol. The largest absolute Gasteiger partial charge is 0.375 e. The van der Waals surface area contributed by atoms with Crippen molar-refractivity contribution in [3.8, 4) is 0 Å². The molecule has 0 aliphatic heterocycles. The number of anilines is 1. The number of nitro groups is 1. The lowest BCUT2D eigenvalue weighted by molar-refractivity contribution is -0.384. The Morgan fingerprint density at radius 3 is 2.39 bits per heavy atom. The van der Waals surface area contributed by atoms with Crippen LogP contribution in [0.15, 0.2) is 64.9 Å². The van der Waals surface area contributed by atoms with Crippen molar-refractivity contribution in [3.05, 3.63) is 86.8 Å². The van der Waals surface area contributed by atoms with Crippen LogP contribution in [0.4, 0.5) is 11.4 Å². The van der Waals surface area contributed by atoms with Crippen molar-refractivity contribution in [3.63, 3.8) is 0 Å². The van der Waals surface area contributed by atoms with Crippen LogP contribution in [0.3, 0.4) is 0 Å². The van der Waals surface area contributed by atoms with Crippen LogP contribution >= 0.6 is 11.3 Å². The number of carbonyl (C=O) groups excluding carboxylic acids is 1. The molecule has 0 aliphatic rings. The van der Waals surface area contributed by atoms with E-state index in [1.807, 2.05) is 0 Å². The van der Waals surface area contributed by atoms with Gasteiger partial charge in [-0.25, -0.2) is 13.6 Å². The van der Waals surface area contributed by atoms with E-state index in [-0.39, 0.29) is 33.5 Å². The highest BCUT2D eigenvalue weighted by atomic mass is 32.2. The highest BCUT2D eigenvalue weighted by Crippen LogP contribution is 2.28. The fraction of sp³-hybridized carbons (Fsp3) is 0.0556. The number of thiophene rings is 1. The van der Waals surface area contributed by atoms with Crippen molar-refractivity contribution >= 4 is 38.5 Å². The summed E-state index contributed by atoms with van der Waals surface area (Å²) in [4.78, 5) is 24.0. The highest BCUT2D eigenvalue weighted by molar-refractivity contribution is 7.91. The summed E-state index contributed by atoms with van der Waals surface area (Å²) >= 11 is 0.979. The van der Waals surface area contributed by atoms with Gasteiger partial charge >= 0.3 is 0 Å². The maximum Gasteiger partial charge on any atom is 0.293 e. The molecule has 28 heavy (non-hydrogen) atoms. The molecule has 0 unspecified atom stereocenters. The van der Waals surface area contributed by atoms with Gasteiger partial charge in [0.1, 0.15) is 9.90 Å². The van der Waals surface area contributed by atoms with Gasteiger partial charge in [-0.05, 0) is 24.3 Å². The molecule has 144 valence electrons. The average Bonchev–Trinajstić information content (AvgIpc) is 3.16. The van der Waals surface area contributed by atoms with Gasteiger partial charge in [-0.1, -0.05) is 30.3 Å². The van der Waals surface area contributed by atoms with Crippen molar-refractivity contribution in [1.82, 2.24) is 0 Å². The number of rotatable bonds is 7. The molecule has 3 rings (SSSR count). The van der Waals surface area contributed by atoms with Gasteiger partial charge in [0.15, 0.2) is 5.78 Å². The van der Waals surface area contributed by atoms with E-state index < -0.39 is 14.9 Å². The van der Waals surface area contributed by atoms with Crippen LogP contribution in [0.25, 0.3) is 0 Å². The molecule has 1 aromatic heterocycles. The van der Waals surface area contributed by atoms with Crippen LogP contribution in [0, 0.1) is 10.1 Å². The quantitative estimate of drug-likeness (QED) is 0.345. The number of sulfonamides is 1. The summed E-state index contributed by atoms with van der Waals surface area (Å²) in [5, 5.41) is 19.4. The van der Waals surface area contributed by atoms with Crippen molar-refractivity contribution in [2.45, 2.75) is 10.8 Å². The number of hydrogen-bond acceptors (Lipinski definition) is 7. The molecule has 10 heteroatoms. The van der Waals surface area contributed by atoms with E-state index in [4.69, 9.17) is 5.14 Å². The third-order valence-electron chi connectivity index (χ3n) is 3.86. The van der Waals surface area contributed by atoms with Crippen molar-refractivity contribution in [2.75, 3.05) is 5.32 Å². The molecular formula is C18H15N3O5S2. The number of primary sulfonamides is 1. The molecule has 0 fully saturated rings. The normalized spacial score (nSPS) is 11.2. The lowest BCUT2D eigenvalue weighted by Crippen LogP contribution is -2.09. The third kappa shape index (κ3) is 4.42. The predicted molar refractivity (Wildman–Crippen MR) is 106 cm³/mol. The molecule has 2 aromatic carbocycles. The Balaban J connectivity index is 1.83. The van der Waals surface area contributed by atoms with E-state index in [0.29, 0.717) is 10.4 Å². The number of hydrogen-bond donors (Lipinski definition) is 2. The van der Waals surface area contributed by atoms with Crippen LogP contribution in [0.1, 0.15) is 20.8 Å². The zero-order valence-corrected chi connectivity index (χ0v) is 16.0. The van der Waals surface area contributed by atoms with Crippen molar-refractivity contribution in [2.24, 2.45) is 5.14 Å². The van der Waals surface area contributed by atoms with Gasteiger partial charge in [-0.3, -0.25) is 14.9 Å². The molecule has 0 aliphatic carbocycles. The minimum atomic E-state index is -3.78. The third-order valence-corrected chi connectivity index (χ3v) is 6.39. The van der Waals surface area contributed by atoms with Crippen molar-refractivity contribution < 1.29 is 18.1 Å². The summed E-state index contributed by atoms with van der Waals surface area (Å²) in [6.45, 7) is 0.174. The fourth-order valence-electron chi connectivity index (χ4n) is 2.52. The molecule has 8 nitrogen and oxygen atoms in total. The van der Waals surface area contributed by atoms with Crippen LogP contribution in [0.2, 0.25) is 0 Å². The van der Waals surface area contributed by atoms with Gasteiger partial charge in [0, 0.05) is 28.6 Å². The Labute approximate surface area is 164 Å². The number of ketones is 1. The molecule has 0 amide bonds. The Bertz CT molecular complexity index is 1140. The topological polar surface area (TPSA) is 132 Å². The summed E-state index contributed by atoms with van der Waals surface area (Å²) in [7, 11) is -3.78. The fourth-order valence-corrected chi connectivity index (χ4v) is 4.24. The van der Waals surface area contributed by atoms with E-state index >= 15 is 0 Å². The molecule has 0 atom stereocenters. The van der Waals surface area contributed by atoms with Gasteiger partial charge in [0.2, 0.25) is 10.0 Å². The van der Waals surface area contributed by atoms with Gasteiger partial charge in [0.25, 0.3) is 5.69 Å². The zero-order valence-electron chi connectivity index (χ0n) is 14.4. The minimum absolute atomic E-state index is 0.0163. The van der Waals surface area contributed by atoms with E-state index in [1.165, 1.54) is 24.3 Å². The van der Waals surface area contributed by atoms with Gasteiger partial charge in [0.05, 0.1) is 4.92 Å².